The Morgan fingerprint density at radius 3 is 2.27 bits per heavy atom. The summed E-state index contributed by atoms with van der Waals surface area (Å²) in [4.78, 5) is 11.8. The molecule has 0 amide bonds. The van der Waals surface area contributed by atoms with E-state index in [0.29, 0.717) is 12.4 Å². The number of hydrogen-bond donors (Lipinski definition) is 1. The number of aryl methyl sites for hydroxylation is 4. The lowest BCUT2D eigenvalue weighted by molar-refractivity contribution is 0.0696. The van der Waals surface area contributed by atoms with Gasteiger partial charge in [-0.25, -0.2) is 4.79 Å². The van der Waals surface area contributed by atoms with Gasteiger partial charge in [0.15, 0.2) is 0 Å². The van der Waals surface area contributed by atoms with Gasteiger partial charge in [0.25, 0.3) is 0 Å². The normalized spacial score (nSPS) is 11.0. The molecule has 0 aliphatic heterocycles. The number of carboxylic acid groups (broad SMARTS) is 1. The Kier molecular flexibility index (Phi) is 6.79. The lowest BCUT2D eigenvalue weighted by Crippen LogP contribution is -2.03. The first-order chi connectivity index (χ1) is 16.0. The van der Waals surface area contributed by atoms with Gasteiger partial charge in [0.1, 0.15) is 12.4 Å². The van der Waals surface area contributed by atoms with Gasteiger partial charge >= 0.3 is 5.97 Å². The van der Waals surface area contributed by atoms with Gasteiger partial charge in [0.2, 0.25) is 0 Å². The number of rotatable bonds is 8. The van der Waals surface area contributed by atoms with Crippen molar-refractivity contribution in [3.05, 3.63) is 112 Å². The predicted molar refractivity (Wildman–Crippen MR) is 134 cm³/mol. The first-order valence-corrected chi connectivity index (χ1v) is 11.5. The first-order valence-electron chi connectivity index (χ1n) is 11.5. The van der Waals surface area contributed by atoms with Gasteiger partial charge in [-0.3, -0.25) is 0 Å². The zero-order chi connectivity index (χ0) is 23.4. The maximum atomic E-state index is 11.8. The standard InChI is InChI=1S/C30H30O3/c1-4-23-10-5-6-11-24(23)19-33-29-18-26(30(31)32)17-25-16-22(13-15-28(25)29)12-14-27-20(2)8-7-9-21(27)3/h5-11,13,15-18H,4,12,14,19H2,1-3H3,(H,31,32). The number of fused-ring (bicyclic) bond motifs is 1. The average molecular weight is 439 g/mol. The summed E-state index contributed by atoms with van der Waals surface area (Å²) >= 11 is 0. The molecule has 0 saturated carbocycles. The van der Waals surface area contributed by atoms with Crippen LogP contribution in [0.25, 0.3) is 10.8 Å². The van der Waals surface area contributed by atoms with Gasteiger partial charge in [-0.1, -0.05) is 67.6 Å². The molecule has 0 bridgehead atoms. The molecule has 0 aliphatic rings. The molecule has 0 radical (unpaired) electrons. The maximum absolute atomic E-state index is 11.8. The smallest absolute Gasteiger partial charge is 0.335 e. The van der Waals surface area contributed by atoms with Crippen LogP contribution in [0, 0.1) is 13.8 Å². The van der Waals surface area contributed by atoms with Gasteiger partial charge in [-0.05, 0) is 84.0 Å². The third-order valence-electron chi connectivity index (χ3n) is 6.42. The van der Waals surface area contributed by atoms with Crippen LogP contribution in [0.4, 0.5) is 0 Å². The minimum atomic E-state index is -0.948. The summed E-state index contributed by atoms with van der Waals surface area (Å²) in [5, 5.41) is 11.5. The molecule has 3 nitrogen and oxygen atoms in total. The quantitative estimate of drug-likeness (QED) is 0.320. The zero-order valence-corrected chi connectivity index (χ0v) is 19.5. The second-order valence-electron chi connectivity index (χ2n) is 8.62. The molecule has 4 rings (SSSR count). The highest BCUT2D eigenvalue weighted by Gasteiger charge is 2.12. The third-order valence-corrected chi connectivity index (χ3v) is 6.42. The van der Waals surface area contributed by atoms with Crippen LogP contribution < -0.4 is 4.74 Å². The number of ether oxygens (including phenoxy) is 1. The molecule has 0 unspecified atom stereocenters. The van der Waals surface area contributed by atoms with Crippen molar-refractivity contribution in [2.24, 2.45) is 0 Å². The van der Waals surface area contributed by atoms with Gasteiger partial charge < -0.3 is 9.84 Å². The molecule has 3 heteroatoms. The third kappa shape index (κ3) is 5.09. The predicted octanol–water partition coefficient (Wildman–Crippen LogP) is 7.08. The zero-order valence-electron chi connectivity index (χ0n) is 19.5. The summed E-state index contributed by atoms with van der Waals surface area (Å²) in [6.07, 6.45) is 2.79. The molecule has 0 saturated heterocycles. The van der Waals surface area contributed by atoms with E-state index >= 15 is 0 Å². The summed E-state index contributed by atoms with van der Waals surface area (Å²) in [6, 6.07) is 24.3. The number of benzene rings is 4. The lowest BCUT2D eigenvalue weighted by atomic mass is 9.95. The van der Waals surface area contributed by atoms with E-state index in [1.54, 1.807) is 12.1 Å². The highest BCUT2D eigenvalue weighted by molar-refractivity contribution is 5.97. The average Bonchev–Trinajstić information content (AvgIpc) is 2.82. The monoisotopic (exact) mass is 438 g/mol. The maximum Gasteiger partial charge on any atom is 0.335 e. The van der Waals surface area contributed by atoms with Crippen molar-refractivity contribution >= 4 is 16.7 Å². The summed E-state index contributed by atoms with van der Waals surface area (Å²) in [6.45, 7) is 6.85. The molecule has 0 heterocycles. The Balaban J connectivity index is 1.63. The van der Waals surface area contributed by atoms with Crippen LogP contribution in [-0.4, -0.2) is 11.1 Å². The van der Waals surface area contributed by atoms with Crippen molar-refractivity contribution < 1.29 is 14.6 Å². The molecule has 0 spiro atoms. The van der Waals surface area contributed by atoms with Crippen LogP contribution in [0.2, 0.25) is 0 Å². The van der Waals surface area contributed by atoms with E-state index in [1.807, 2.05) is 12.1 Å². The van der Waals surface area contributed by atoms with E-state index in [1.165, 1.54) is 27.8 Å². The van der Waals surface area contributed by atoms with Crippen LogP contribution in [0.15, 0.2) is 72.8 Å². The molecule has 0 atom stereocenters. The van der Waals surface area contributed by atoms with Crippen molar-refractivity contribution in [3.63, 3.8) is 0 Å². The highest BCUT2D eigenvalue weighted by atomic mass is 16.5. The molecule has 0 aliphatic carbocycles. The highest BCUT2D eigenvalue weighted by Crippen LogP contribution is 2.30. The molecule has 0 fully saturated rings. The second kappa shape index (κ2) is 9.91. The number of carboxylic acids is 1. The molecular formula is C30H30O3. The van der Waals surface area contributed by atoms with E-state index < -0.39 is 5.97 Å². The Hall–Kier alpha value is -3.59. The van der Waals surface area contributed by atoms with Crippen LogP contribution in [-0.2, 0) is 25.9 Å². The molecule has 4 aromatic rings. The Morgan fingerprint density at radius 2 is 1.58 bits per heavy atom. The van der Waals surface area contributed by atoms with Gasteiger partial charge in [0, 0.05) is 5.39 Å². The van der Waals surface area contributed by atoms with E-state index in [-0.39, 0.29) is 5.56 Å². The topological polar surface area (TPSA) is 46.5 Å². The van der Waals surface area contributed by atoms with Gasteiger partial charge in [-0.15, -0.1) is 0 Å². The van der Waals surface area contributed by atoms with Crippen LogP contribution in [0.3, 0.4) is 0 Å². The van der Waals surface area contributed by atoms with Crippen LogP contribution >= 0.6 is 0 Å². The Labute approximate surface area is 195 Å². The fraction of sp³-hybridized carbons (Fsp3) is 0.233. The molecule has 0 aromatic heterocycles. The number of hydrogen-bond acceptors (Lipinski definition) is 2. The summed E-state index contributed by atoms with van der Waals surface area (Å²) in [5.74, 6) is -0.339. The van der Waals surface area contributed by atoms with E-state index in [9.17, 15) is 9.90 Å². The molecule has 168 valence electrons. The lowest BCUT2D eigenvalue weighted by Gasteiger charge is -2.14. The van der Waals surface area contributed by atoms with Gasteiger partial charge in [-0.2, -0.15) is 0 Å². The van der Waals surface area contributed by atoms with Crippen molar-refractivity contribution in [2.75, 3.05) is 0 Å². The summed E-state index contributed by atoms with van der Waals surface area (Å²) in [5.41, 5.74) is 7.81. The first kappa shape index (κ1) is 22.6. The van der Waals surface area contributed by atoms with Gasteiger partial charge in [0.05, 0.1) is 5.56 Å². The number of aromatic carboxylic acids is 1. The van der Waals surface area contributed by atoms with Crippen molar-refractivity contribution in [1.29, 1.82) is 0 Å². The molecular weight excluding hydrogens is 408 g/mol. The minimum absolute atomic E-state index is 0.244. The minimum Gasteiger partial charge on any atom is -0.488 e. The fourth-order valence-electron chi connectivity index (χ4n) is 4.49. The van der Waals surface area contributed by atoms with Crippen molar-refractivity contribution in [1.82, 2.24) is 0 Å². The molecule has 4 aromatic carbocycles. The largest absolute Gasteiger partial charge is 0.488 e. The number of carbonyl (C=O) groups is 1. The fourth-order valence-corrected chi connectivity index (χ4v) is 4.49. The van der Waals surface area contributed by atoms with E-state index in [2.05, 4.69) is 69.3 Å². The van der Waals surface area contributed by atoms with E-state index in [0.717, 1.165) is 35.6 Å². The summed E-state index contributed by atoms with van der Waals surface area (Å²) < 4.78 is 6.18. The van der Waals surface area contributed by atoms with Crippen LogP contribution in [0.1, 0.15) is 50.7 Å². The van der Waals surface area contributed by atoms with Crippen LogP contribution in [0.5, 0.6) is 5.75 Å². The second-order valence-corrected chi connectivity index (χ2v) is 8.62. The van der Waals surface area contributed by atoms with Crippen molar-refractivity contribution in [3.8, 4) is 5.75 Å². The Bertz CT molecular complexity index is 1280. The van der Waals surface area contributed by atoms with E-state index in [4.69, 9.17) is 4.74 Å². The Morgan fingerprint density at radius 1 is 0.848 bits per heavy atom. The SMILES string of the molecule is CCc1ccccc1COc1cc(C(=O)O)cc2cc(CCc3c(C)cccc3C)ccc12. The molecule has 1 N–H and O–H groups in total. The summed E-state index contributed by atoms with van der Waals surface area (Å²) in [7, 11) is 0. The van der Waals surface area contributed by atoms with Crippen molar-refractivity contribution in [2.45, 2.75) is 46.6 Å². The molecule has 33 heavy (non-hydrogen) atoms.